The number of nitrogens with zero attached hydrogens (tertiary/aromatic N) is 2. The molecule has 3 rings (SSSR count). The van der Waals surface area contributed by atoms with Crippen LogP contribution in [0.2, 0.25) is 0 Å². The topological polar surface area (TPSA) is 46.9 Å². The second-order valence-electron chi connectivity index (χ2n) is 5.38. The quantitative estimate of drug-likeness (QED) is 0.898. The SMILES string of the molecule is Cn1cnc2cc(NC(=O)C3CCCCC3)ccc21. The molecule has 0 aliphatic heterocycles. The van der Waals surface area contributed by atoms with Crippen LogP contribution in [0, 0.1) is 5.92 Å². The number of benzene rings is 1. The normalized spacial score (nSPS) is 16.7. The lowest BCUT2D eigenvalue weighted by molar-refractivity contribution is -0.120. The molecule has 1 aromatic carbocycles. The third kappa shape index (κ3) is 2.48. The fourth-order valence-electron chi connectivity index (χ4n) is 2.82. The molecule has 2 aromatic rings. The summed E-state index contributed by atoms with van der Waals surface area (Å²) in [6, 6.07) is 5.89. The molecule has 0 spiro atoms. The summed E-state index contributed by atoms with van der Waals surface area (Å²) in [5.74, 6) is 0.350. The van der Waals surface area contributed by atoms with Crippen molar-refractivity contribution in [1.29, 1.82) is 0 Å². The Morgan fingerprint density at radius 2 is 2.11 bits per heavy atom. The van der Waals surface area contributed by atoms with Crippen LogP contribution in [0.3, 0.4) is 0 Å². The number of fused-ring (bicyclic) bond motifs is 1. The van der Waals surface area contributed by atoms with Crippen LogP contribution >= 0.6 is 0 Å². The van der Waals surface area contributed by atoms with Crippen molar-refractivity contribution in [2.75, 3.05) is 5.32 Å². The second-order valence-corrected chi connectivity index (χ2v) is 5.38. The molecule has 0 bridgehead atoms. The van der Waals surface area contributed by atoms with Crippen LogP contribution < -0.4 is 5.32 Å². The van der Waals surface area contributed by atoms with Crippen LogP contribution in [0.5, 0.6) is 0 Å². The number of aromatic nitrogens is 2. The van der Waals surface area contributed by atoms with Gasteiger partial charge in [-0.1, -0.05) is 19.3 Å². The van der Waals surface area contributed by atoms with Gasteiger partial charge in [-0.3, -0.25) is 4.79 Å². The average molecular weight is 257 g/mol. The molecular formula is C15H19N3O. The minimum Gasteiger partial charge on any atom is -0.334 e. The molecule has 1 heterocycles. The number of anilines is 1. The number of imidazole rings is 1. The Bertz CT molecular complexity index is 596. The van der Waals surface area contributed by atoms with Crippen LogP contribution in [0.15, 0.2) is 24.5 Å². The lowest BCUT2D eigenvalue weighted by Gasteiger charge is -2.20. The maximum Gasteiger partial charge on any atom is 0.227 e. The average Bonchev–Trinajstić information content (AvgIpc) is 2.81. The van der Waals surface area contributed by atoms with Crippen molar-refractivity contribution >= 4 is 22.6 Å². The van der Waals surface area contributed by atoms with Gasteiger partial charge in [-0.15, -0.1) is 0 Å². The Hall–Kier alpha value is -1.84. The van der Waals surface area contributed by atoms with Gasteiger partial charge in [0, 0.05) is 18.7 Å². The van der Waals surface area contributed by atoms with E-state index in [0.29, 0.717) is 0 Å². The monoisotopic (exact) mass is 257 g/mol. The van der Waals surface area contributed by atoms with E-state index < -0.39 is 0 Å². The molecule has 1 aromatic heterocycles. The third-order valence-corrected chi connectivity index (χ3v) is 3.97. The maximum absolute atomic E-state index is 12.2. The van der Waals surface area contributed by atoms with Gasteiger partial charge in [0.1, 0.15) is 0 Å². The molecule has 19 heavy (non-hydrogen) atoms. The molecule has 1 N–H and O–H groups in total. The molecule has 4 heteroatoms. The molecule has 100 valence electrons. The predicted molar refractivity (Wildman–Crippen MR) is 75.9 cm³/mol. The summed E-state index contributed by atoms with van der Waals surface area (Å²) in [7, 11) is 1.97. The molecule has 0 unspecified atom stereocenters. The van der Waals surface area contributed by atoms with Gasteiger partial charge in [0.2, 0.25) is 5.91 Å². The van der Waals surface area contributed by atoms with Crippen molar-refractivity contribution in [3.8, 4) is 0 Å². The summed E-state index contributed by atoms with van der Waals surface area (Å²) in [5, 5.41) is 3.02. The number of hydrogen-bond donors (Lipinski definition) is 1. The van der Waals surface area contributed by atoms with Crippen molar-refractivity contribution in [2.45, 2.75) is 32.1 Å². The van der Waals surface area contributed by atoms with E-state index in [1.165, 1.54) is 19.3 Å². The van der Waals surface area contributed by atoms with Crippen molar-refractivity contribution < 1.29 is 4.79 Å². The number of carbonyl (C=O) groups is 1. The summed E-state index contributed by atoms with van der Waals surface area (Å²) in [5.41, 5.74) is 2.85. The van der Waals surface area contributed by atoms with Crippen LogP contribution in [0.4, 0.5) is 5.69 Å². The Kier molecular flexibility index (Phi) is 3.23. The van der Waals surface area contributed by atoms with E-state index in [1.807, 2.05) is 29.8 Å². The van der Waals surface area contributed by atoms with Crippen LogP contribution in [-0.2, 0) is 11.8 Å². The molecular weight excluding hydrogens is 238 g/mol. The highest BCUT2D eigenvalue weighted by atomic mass is 16.1. The smallest absolute Gasteiger partial charge is 0.227 e. The molecule has 1 amide bonds. The van der Waals surface area contributed by atoms with Gasteiger partial charge in [-0.25, -0.2) is 4.98 Å². The molecule has 1 saturated carbocycles. The standard InChI is InChI=1S/C15H19N3O/c1-18-10-16-13-9-12(7-8-14(13)18)17-15(19)11-5-3-2-4-6-11/h7-11H,2-6H2,1H3,(H,17,19). The first-order chi connectivity index (χ1) is 9.24. The highest BCUT2D eigenvalue weighted by Crippen LogP contribution is 2.25. The first kappa shape index (κ1) is 12.2. The van der Waals surface area contributed by atoms with E-state index >= 15 is 0 Å². The molecule has 1 aliphatic carbocycles. The van der Waals surface area contributed by atoms with Crippen molar-refractivity contribution in [1.82, 2.24) is 9.55 Å². The summed E-state index contributed by atoms with van der Waals surface area (Å²) in [4.78, 5) is 16.5. The third-order valence-electron chi connectivity index (χ3n) is 3.97. The number of nitrogens with one attached hydrogen (secondary N) is 1. The van der Waals surface area contributed by atoms with E-state index in [9.17, 15) is 4.79 Å². The fraction of sp³-hybridized carbons (Fsp3) is 0.467. The van der Waals surface area contributed by atoms with Crippen molar-refractivity contribution in [3.63, 3.8) is 0 Å². The Morgan fingerprint density at radius 1 is 1.32 bits per heavy atom. The predicted octanol–water partition coefficient (Wildman–Crippen LogP) is 3.09. The molecule has 0 radical (unpaired) electrons. The first-order valence-electron chi connectivity index (χ1n) is 6.96. The summed E-state index contributed by atoms with van der Waals surface area (Å²) >= 11 is 0. The van der Waals surface area contributed by atoms with E-state index in [4.69, 9.17) is 0 Å². The number of aryl methyl sites for hydroxylation is 1. The molecule has 4 nitrogen and oxygen atoms in total. The zero-order chi connectivity index (χ0) is 13.2. The van der Waals surface area contributed by atoms with Crippen LogP contribution in [0.25, 0.3) is 11.0 Å². The van der Waals surface area contributed by atoms with Gasteiger partial charge in [0.25, 0.3) is 0 Å². The van der Waals surface area contributed by atoms with Gasteiger partial charge < -0.3 is 9.88 Å². The Balaban J connectivity index is 1.75. The van der Waals surface area contributed by atoms with E-state index in [1.54, 1.807) is 6.33 Å². The van der Waals surface area contributed by atoms with E-state index in [0.717, 1.165) is 29.6 Å². The number of carbonyl (C=O) groups excluding carboxylic acids is 1. The van der Waals surface area contributed by atoms with E-state index in [2.05, 4.69) is 10.3 Å². The Morgan fingerprint density at radius 3 is 2.89 bits per heavy atom. The van der Waals surface area contributed by atoms with Crippen LogP contribution in [0.1, 0.15) is 32.1 Å². The van der Waals surface area contributed by atoms with E-state index in [-0.39, 0.29) is 11.8 Å². The van der Waals surface area contributed by atoms with Crippen LogP contribution in [-0.4, -0.2) is 15.5 Å². The molecule has 1 fully saturated rings. The summed E-state index contributed by atoms with van der Waals surface area (Å²) < 4.78 is 1.97. The van der Waals surface area contributed by atoms with Gasteiger partial charge in [0.15, 0.2) is 0 Å². The first-order valence-corrected chi connectivity index (χ1v) is 6.96. The lowest BCUT2D eigenvalue weighted by Crippen LogP contribution is -2.24. The number of hydrogen-bond acceptors (Lipinski definition) is 2. The lowest BCUT2D eigenvalue weighted by atomic mass is 9.88. The second kappa shape index (κ2) is 5.03. The number of rotatable bonds is 2. The van der Waals surface area contributed by atoms with Crippen molar-refractivity contribution in [3.05, 3.63) is 24.5 Å². The van der Waals surface area contributed by atoms with Gasteiger partial charge in [0.05, 0.1) is 17.4 Å². The Labute approximate surface area is 112 Å². The van der Waals surface area contributed by atoms with Gasteiger partial charge in [-0.05, 0) is 31.0 Å². The number of amides is 1. The van der Waals surface area contributed by atoms with Gasteiger partial charge in [-0.2, -0.15) is 0 Å². The van der Waals surface area contributed by atoms with Gasteiger partial charge >= 0.3 is 0 Å². The minimum absolute atomic E-state index is 0.162. The fourth-order valence-corrected chi connectivity index (χ4v) is 2.82. The zero-order valence-corrected chi connectivity index (χ0v) is 11.2. The molecule has 1 aliphatic rings. The zero-order valence-electron chi connectivity index (χ0n) is 11.2. The summed E-state index contributed by atoms with van der Waals surface area (Å²) in [6.45, 7) is 0. The van der Waals surface area contributed by atoms with Crippen molar-refractivity contribution in [2.24, 2.45) is 13.0 Å². The largest absolute Gasteiger partial charge is 0.334 e. The maximum atomic E-state index is 12.2. The molecule has 0 saturated heterocycles. The highest BCUT2D eigenvalue weighted by Gasteiger charge is 2.21. The molecule has 0 atom stereocenters. The highest BCUT2D eigenvalue weighted by molar-refractivity contribution is 5.94. The summed E-state index contributed by atoms with van der Waals surface area (Å²) in [6.07, 6.45) is 7.46. The minimum atomic E-state index is 0.162.